The molecule has 0 heterocycles. The van der Waals surface area contributed by atoms with Crippen molar-refractivity contribution in [3.05, 3.63) is 54.6 Å². The first-order valence-corrected chi connectivity index (χ1v) is 4.05. The Bertz CT molecular complexity index is 327. The highest BCUT2D eigenvalue weighted by molar-refractivity contribution is 5.54. The Labute approximate surface area is 78.6 Å². The van der Waals surface area contributed by atoms with Gasteiger partial charge in [-0.2, -0.15) is 0 Å². The Kier molecular flexibility index (Phi) is 2.66. The van der Waals surface area contributed by atoms with E-state index in [0.717, 1.165) is 11.1 Å². The third-order valence-electron chi connectivity index (χ3n) is 1.98. The molecule has 0 fully saturated rings. The monoisotopic (exact) mass is 174 g/mol. The second kappa shape index (κ2) is 3.56. The first kappa shape index (κ1) is 9.71. The Morgan fingerprint density at radius 3 is 2.31 bits per heavy atom. The summed E-state index contributed by atoms with van der Waals surface area (Å²) in [5.41, 5.74) is 12.4. The minimum atomic E-state index is -0.981. The number of hydrogen-bond donors (Lipinski definition) is 2. The lowest BCUT2D eigenvalue weighted by Crippen LogP contribution is -2.44. The summed E-state index contributed by atoms with van der Waals surface area (Å²) in [6.07, 6.45) is 3.25. The number of nitrogens with two attached hydrogens (primary N) is 2. The molecule has 0 saturated carbocycles. The maximum atomic E-state index is 5.83. The molecule has 1 rings (SSSR count). The molecule has 0 amide bonds. The maximum absolute atomic E-state index is 5.83. The summed E-state index contributed by atoms with van der Waals surface area (Å²) in [7, 11) is 0. The lowest BCUT2D eigenvalue weighted by Gasteiger charge is -2.22. The van der Waals surface area contributed by atoms with Gasteiger partial charge >= 0.3 is 0 Å². The van der Waals surface area contributed by atoms with Gasteiger partial charge in [0.2, 0.25) is 0 Å². The summed E-state index contributed by atoms with van der Waals surface area (Å²) >= 11 is 0. The zero-order valence-corrected chi connectivity index (χ0v) is 7.53. The maximum Gasteiger partial charge on any atom is 0.109 e. The molecule has 2 heteroatoms. The summed E-state index contributed by atoms with van der Waals surface area (Å²) in [6.45, 7) is 7.29. The van der Waals surface area contributed by atoms with E-state index in [1.165, 1.54) is 6.08 Å². The largest absolute Gasteiger partial charge is 0.306 e. The molecular formula is C11H14N2. The first-order chi connectivity index (χ1) is 6.11. The van der Waals surface area contributed by atoms with Crippen LogP contribution in [0.4, 0.5) is 0 Å². The van der Waals surface area contributed by atoms with Gasteiger partial charge in [0.15, 0.2) is 0 Å². The van der Waals surface area contributed by atoms with Crippen LogP contribution in [0.2, 0.25) is 0 Å². The topological polar surface area (TPSA) is 52.0 Å². The summed E-state index contributed by atoms with van der Waals surface area (Å²) in [5.74, 6) is 0. The van der Waals surface area contributed by atoms with Crippen molar-refractivity contribution >= 4 is 6.08 Å². The molecule has 0 aromatic heterocycles. The number of benzene rings is 1. The Morgan fingerprint density at radius 2 is 1.77 bits per heavy atom. The lowest BCUT2D eigenvalue weighted by molar-refractivity contribution is 0.593. The van der Waals surface area contributed by atoms with E-state index in [2.05, 4.69) is 13.2 Å². The smallest absolute Gasteiger partial charge is 0.109 e. The SMILES string of the molecule is C=Cc1ccccc1C(N)(N)C=C. The van der Waals surface area contributed by atoms with Crippen LogP contribution in [0, 0.1) is 0 Å². The average Bonchev–Trinajstić information content (AvgIpc) is 2.18. The van der Waals surface area contributed by atoms with Crippen molar-refractivity contribution in [2.24, 2.45) is 11.5 Å². The highest BCUT2D eigenvalue weighted by Crippen LogP contribution is 2.19. The van der Waals surface area contributed by atoms with Crippen LogP contribution >= 0.6 is 0 Å². The van der Waals surface area contributed by atoms with Gasteiger partial charge in [-0.05, 0) is 11.1 Å². The molecule has 4 N–H and O–H groups in total. The number of rotatable bonds is 3. The lowest BCUT2D eigenvalue weighted by atomic mass is 9.96. The van der Waals surface area contributed by atoms with E-state index in [1.54, 1.807) is 6.08 Å². The van der Waals surface area contributed by atoms with Crippen molar-refractivity contribution in [1.29, 1.82) is 0 Å². The van der Waals surface area contributed by atoms with Crippen LogP contribution in [0.1, 0.15) is 11.1 Å². The van der Waals surface area contributed by atoms with Gasteiger partial charge in [-0.25, -0.2) is 0 Å². The molecule has 0 saturated heterocycles. The van der Waals surface area contributed by atoms with Crippen molar-refractivity contribution in [3.63, 3.8) is 0 Å². The van der Waals surface area contributed by atoms with Gasteiger partial charge in [0.25, 0.3) is 0 Å². The molecule has 0 aliphatic rings. The molecule has 0 atom stereocenters. The molecule has 0 aliphatic carbocycles. The predicted octanol–water partition coefficient (Wildman–Crippen LogP) is 1.59. The van der Waals surface area contributed by atoms with Gasteiger partial charge < -0.3 is 11.5 Å². The van der Waals surface area contributed by atoms with Gasteiger partial charge in [0, 0.05) is 0 Å². The van der Waals surface area contributed by atoms with Crippen LogP contribution in [0.15, 0.2) is 43.5 Å². The van der Waals surface area contributed by atoms with Crippen LogP contribution in [0.3, 0.4) is 0 Å². The predicted molar refractivity (Wildman–Crippen MR) is 56.8 cm³/mol. The third kappa shape index (κ3) is 1.86. The average molecular weight is 174 g/mol. The van der Waals surface area contributed by atoms with Crippen LogP contribution in [0.5, 0.6) is 0 Å². The third-order valence-corrected chi connectivity index (χ3v) is 1.98. The molecule has 0 unspecified atom stereocenters. The summed E-state index contributed by atoms with van der Waals surface area (Å²) in [6, 6.07) is 7.60. The van der Waals surface area contributed by atoms with E-state index in [9.17, 15) is 0 Å². The second-order valence-corrected chi connectivity index (χ2v) is 2.93. The van der Waals surface area contributed by atoms with E-state index in [-0.39, 0.29) is 0 Å². The molecule has 68 valence electrons. The van der Waals surface area contributed by atoms with Gasteiger partial charge in [0.1, 0.15) is 5.66 Å². The minimum absolute atomic E-state index is 0.833. The standard InChI is InChI=1S/C11H14N2/c1-3-9-7-5-6-8-10(9)11(12,13)4-2/h3-8H,1-2,12-13H2. The quantitative estimate of drug-likeness (QED) is 0.540. The van der Waals surface area contributed by atoms with Crippen LogP contribution < -0.4 is 11.5 Å². The van der Waals surface area contributed by atoms with Crippen molar-refractivity contribution in [2.75, 3.05) is 0 Å². The summed E-state index contributed by atoms with van der Waals surface area (Å²) < 4.78 is 0. The van der Waals surface area contributed by atoms with Gasteiger partial charge in [0.05, 0.1) is 0 Å². The van der Waals surface area contributed by atoms with Crippen LogP contribution in [0.25, 0.3) is 6.08 Å². The molecule has 1 aromatic rings. The van der Waals surface area contributed by atoms with Gasteiger partial charge in [-0.3, -0.25) is 0 Å². The fraction of sp³-hybridized carbons (Fsp3) is 0.0909. The fourth-order valence-corrected chi connectivity index (χ4v) is 1.18. The molecule has 0 bridgehead atoms. The zero-order valence-electron chi connectivity index (χ0n) is 7.53. The van der Waals surface area contributed by atoms with Crippen molar-refractivity contribution < 1.29 is 0 Å². The Morgan fingerprint density at radius 1 is 1.15 bits per heavy atom. The zero-order chi connectivity index (χ0) is 9.90. The molecule has 0 radical (unpaired) electrons. The van der Waals surface area contributed by atoms with E-state index in [0.29, 0.717) is 0 Å². The van der Waals surface area contributed by atoms with Crippen molar-refractivity contribution in [1.82, 2.24) is 0 Å². The van der Waals surface area contributed by atoms with E-state index < -0.39 is 5.66 Å². The normalized spacial score (nSPS) is 10.9. The summed E-state index contributed by atoms with van der Waals surface area (Å²) in [4.78, 5) is 0. The number of hydrogen-bond acceptors (Lipinski definition) is 2. The molecular weight excluding hydrogens is 160 g/mol. The minimum Gasteiger partial charge on any atom is -0.306 e. The second-order valence-electron chi connectivity index (χ2n) is 2.93. The fourth-order valence-electron chi connectivity index (χ4n) is 1.18. The van der Waals surface area contributed by atoms with Gasteiger partial charge in [-0.15, -0.1) is 0 Å². The Balaban J connectivity index is 3.27. The summed E-state index contributed by atoms with van der Waals surface area (Å²) in [5, 5.41) is 0. The molecule has 2 nitrogen and oxygen atoms in total. The molecule has 0 spiro atoms. The van der Waals surface area contributed by atoms with Crippen LogP contribution in [-0.4, -0.2) is 0 Å². The van der Waals surface area contributed by atoms with Crippen molar-refractivity contribution in [2.45, 2.75) is 5.66 Å². The van der Waals surface area contributed by atoms with Gasteiger partial charge in [-0.1, -0.05) is 49.6 Å². The first-order valence-electron chi connectivity index (χ1n) is 4.05. The highest BCUT2D eigenvalue weighted by atomic mass is 14.9. The van der Waals surface area contributed by atoms with Crippen molar-refractivity contribution in [3.8, 4) is 0 Å². The van der Waals surface area contributed by atoms with Crippen LogP contribution in [-0.2, 0) is 5.66 Å². The molecule has 1 aromatic carbocycles. The van der Waals surface area contributed by atoms with E-state index >= 15 is 0 Å². The highest BCUT2D eigenvalue weighted by Gasteiger charge is 2.18. The molecule has 13 heavy (non-hydrogen) atoms. The Hall–Kier alpha value is -1.38. The van der Waals surface area contributed by atoms with E-state index in [1.807, 2.05) is 24.3 Å². The van der Waals surface area contributed by atoms with E-state index in [4.69, 9.17) is 11.5 Å². The molecule has 0 aliphatic heterocycles.